The molecule has 2 nitrogen and oxygen atoms in total. The Morgan fingerprint density at radius 2 is 0.566 bits per heavy atom. The van der Waals surface area contributed by atoms with Gasteiger partial charge in [-0.1, -0.05) is 194 Å². The van der Waals surface area contributed by atoms with Crippen LogP contribution in [-0.2, 0) is 5.41 Å². The molecule has 1 aliphatic carbocycles. The standard InChI is InChI=1S/C49H36O2P2/c1-5-17-41(18-6-1)52(42-19-7-2-8-20-42)50-39-33-29-37(30-34-39)49(47-27-15-13-25-45(47)46-26-14-16-28-48(46)49)38-31-35-40(36-32-38)51-53(43-21-9-3-10-22-43)44-23-11-4-12-24-44/h1-36H. The molecule has 8 aromatic rings. The van der Waals surface area contributed by atoms with Crippen molar-refractivity contribution in [3.05, 3.63) is 241 Å². The second-order valence-electron chi connectivity index (χ2n) is 13.0. The largest absolute Gasteiger partial charge is 0.464 e. The predicted molar refractivity (Wildman–Crippen MR) is 223 cm³/mol. The molecule has 1 aliphatic rings. The van der Waals surface area contributed by atoms with Gasteiger partial charge in [-0.05, 0) is 57.6 Å². The van der Waals surface area contributed by atoms with Gasteiger partial charge in [-0.25, -0.2) is 0 Å². The molecule has 0 radical (unpaired) electrons. The summed E-state index contributed by atoms with van der Waals surface area (Å²) in [7, 11) is -2.09. The van der Waals surface area contributed by atoms with Gasteiger partial charge in [-0.15, -0.1) is 0 Å². The van der Waals surface area contributed by atoms with Crippen molar-refractivity contribution in [2.45, 2.75) is 5.41 Å². The third-order valence-electron chi connectivity index (χ3n) is 9.88. The van der Waals surface area contributed by atoms with Gasteiger partial charge in [-0.2, -0.15) is 0 Å². The lowest BCUT2D eigenvalue weighted by Crippen LogP contribution is -2.28. The molecule has 0 amide bonds. The zero-order valence-corrected chi connectivity index (χ0v) is 30.8. The maximum absolute atomic E-state index is 6.86. The number of hydrogen-bond acceptors (Lipinski definition) is 2. The van der Waals surface area contributed by atoms with E-state index in [9.17, 15) is 0 Å². The first-order valence-electron chi connectivity index (χ1n) is 17.9. The van der Waals surface area contributed by atoms with E-state index >= 15 is 0 Å². The van der Waals surface area contributed by atoms with E-state index in [0.29, 0.717) is 0 Å². The van der Waals surface area contributed by atoms with E-state index in [1.807, 2.05) is 0 Å². The van der Waals surface area contributed by atoms with Crippen LogP contribution in [0.25, 0.3) is 11.1 Å². The van der Waals surface area contributed by atoms with Crippen LogP contribution >= 0.6 is 16.3 Å². The highest BCUT2D eigenvalue weighted by atomic mass is 31.1. The van der Waals surface area contributed by atoms with Crippen molar-refractivity contribution in [1.29, 1.82) is 0 Å². The SMILES string of the molecule is c1ccc(P(Oc2ccc(C3(c4ccc(OP(c5ccccc5)c5ccccc5)cc4)c4ccccc4-c4ccccc43)cc2)c2ccccc2)cc1. The van der Waals surface area contributed by atoms with E-state index in [2.05, 4.69) is 218 Å². The van der Waals surface area contributed by atoms with E-state index < -0.39 is 21.7 Å². The first-order chi connectivity index (χ1) is 26.3. The lowest BCUT2D eigenvalue weighted by molar-refractivity contribution is 0.626. The molecule has 0 fully saturated rings. The Bertz CT molecular complexity index is 2180. The summed E-state index contributed by atoms with van der Waals surface area (Å²) in [6, 6.07) is 77.4. The van der Waals surface area contributed by atoms with Crippen molar-refractivity contribution in [3.8, 4) is 22.6 Å². The smallest absolute Gasteiger partial charge is 0.150 e. The van der Waals surface area contributed by atoms with Crippen LogP contribution in [0.3, 0.4) is 0 Å². The van der Waals surface area contributed by atoms with Gasteiger partial charge in [-0.3, -0.25) is 0 Å². The first-order valence-corrected chi connectivity index (χ1v) is 20.4. The maximum atomic E-state index is 6.86. The zero-order valence-electron chi connectivity index (χ0n) is 29.0. The summed E-state index contributed by atoms with van der Waals surface area (Å²) >= 11 is 0. The van der Waals surface area contributed by atoms with Gasteiger partial charge in [0.1, 0.15) is 11.5 Å². The molecular weight excluding hydrogens is 682 g/mol. The molecule has 8 aromatic carbocycles. The minimum atomic E-state index is -1.05. The van der Waals surface area contributed by atoms with Gasteiger partial charge in [0.05, 0.1) is 5.41 Å². The highest BCUT2D eigenvalue weighted by molar-refractivity contribution is 7.69. The van der Waals surface area contributed by atoms with Crippen molar-refractivity contribution in [2.24, 2.45) is 0 Å². The molecule has 4 heteroatoms. The predicted octanol–water partition coefficient (Wildman–Crippen LogP) is 10.9. The Labute approximate surface area is 314 Å². The average Bonchev–Trinajstić information content (AvgIpc) is 3.55. The van der Waals surface area contributed by atoms with Crippen LogP contribution in [0, 0.1) is 0 Å². The third-order valence-corrected chi connectivity index (χ3v) is 13.7. The van der Waals surface area contributed by atoms with Gasteiger partial charge in [0.25, 0.3) is 0 Å². The Kier molecular flexibility index (Phi) is 9.17. The molecule has 0 spiro atoms. The Morgan fingerprint density at radius 3 is 0.887 bits per heavy atom. The molecular formula is C49H36O2P2. The van der Waals surface area contributed by atoms with Gasteiger partial charge >= 0.3 is 0 Å². The van der Waals surface area contributed by atoms with Crippen molar-refractivity contribution in [3.63, 3.8) is 0 Å². The van der Waals surface area contributed by atoms with E-state index in [0.717, 1.165) is 11.5 Å². The molecule has 254 valence electrons. The fraction of sp³-hybridized carbons (Fsp3) is 0.0204. The van der Waals surface area contributed by atoms with Crippen LogP contribution in [-0.4, -0.2) is 0 Å². The second kappa shape index (κ2) is 14.7. The molecule has 0 unspecified atom stereocenters. The Hall–Kier alpha value is -5.78. The molecule has 0 saturated heterocycles. The van der Waals surface area contributed by atoms with E-state index in [1.165, 1.54) is 54.6 Å². The van der Waals surface area contributed by atoms with Gasteiger partial charge in [0.2, 0.25) is 0 Å². The minimum absolute atomic E-state index is 0.530. The zero-order chi connectivity index (χ0) is 35.5. The molecule has 0 bridgehead atoms. The van der Waals surface area contributed by atoms with Crippen LogP contribution in [0.5, 0.6) is 11.5 Å². The molecule has 9 rings (SSSR count). The lowest BCUT2D eigenvalue weighted by Gasteiger charge is -2.34. The third kappa shape index (κ3) is 6.25. The summed E-state index contributed by atoms with van der Waals surface area (Å²) in [5, 5.41) is 4.72. The molecule has 53 heavy (non-hydrogen) atoms. The van der Waals surface area contributed by atoms with E-state index in [4.69, 9.17) is 9.05 Å². The number of benzene rings is 8. The van der Waals surface area contributed by atoms with Gasteiger partial charge in [0, 0.05) is 21.2 Å². The monoisotopic (exact) mass is 718 g/mol. The lowest BCUT2D eigenvalue weighted by atomic mass is 9.68. The Balaban J connectivity index is 1.12. The number of rotatable bonds is 10. The average molecular weight is 719 g/mol. The van der Waals surface area contributed by atoms with Crippen molar-refractivity contribution in [2.75, 3.05) is 0 Å². The van der Waals surface area contributed by atoms with Crippen LogP contribution in [0.2, 0.25) is 0 Å². The highest BCUT2D eigenvalue weighted by Gasteiger charge is 2.46. The van der Waals surface area contributed by atoms with Gasteiger partial charge < -0.3 is 9.05 Å². The Morgan fingerprint density at radius 1 is 0.283 bits per heavy atom. The summed E-state index contributed by atoms with van der Waals surface area (Å²) in [4.78, 5) is 0. The molecule has 0 aromatic heterocycles. The maximum Gasteiger partial charge on any atom is 0.150 e. The number of hydrogen-bond donors (Lipinski definition) is 0. The summed E-state index contributed by atoms with van der Waals surface area (Å²) in [5.74, 6) is 1.70. The summed E-state index contributed by atoms with van der Waals surface area (Å²) in [6.07, 6.45) is 0. The first kappa shape index (κ1) is 33.1. The highest BCUT2D eigenvalue weighted by Crippen LogP contribution is 2.56. The molecule has 0 heterocycles. The van der Waals surface area contributed by atoms with E-state index in [1.54, 1.807) is 0 Å². The fourth-order valence-electron chi connectivity index (χ4n) is 7.53. The molecule has 0 atom stereocenters. The van der Waals surface area contributed by atoms with Crippen LogP contribution in [0.15, 0.2) is 218 Å². The normalized spacial score (nSPS) is 12.6. The van der Waals surface area contributed by atoms with Crippen molar-refractivity contribution < 1.29 is 9.05 Å². The van der Waals surface area contributed by atoms with Crippen molar-refractivity contribution >= 4 is 37.5 Å². The van der Waals surface area contributed by atoms with Crippen LogP contribution < -0.4 is 30.3 Å². The summed E-state index contributed by atoms with van der Waals surface area (Å²) < 4.78 is 13.7. The molecule has 0 N–H and O–H groups in total. The number of fused-ring (bicyclic) bond motifs is 3. The quantitative estimate of drug-likeness (QED) is 0.131. The minimum Gasteiger partial charge on any atom is -0.464 e. The summed E-state index contributed by atoms with van der Waals surface area (Å²) in [5.41, 5.74) is 6.92. The molecule has 0 saturated carbocycles. The topological polar surface area (TPSA) is 18.5 Å². The second-order valence-corrected chi connectivity index (χ2v) is 16.6. The van der Waals surface area contributed by atoms with E-state index in [-0.39, 0.29) is 0 Å². The van der Waals surface area contributed by atoms with Crippen molar-refractivity contribution in [1.82, 2.24) is 0 Å². The van der Waals surface area contributed by atoms with Gasteiger partial charge in [0.15, 0.2) is 16.3 Å². The summed E-state index contributed by atoms with van der Waals surface area (Å²) in [6.45, 7) is 0. The van der Waals surface area contributed by atoms with Crippen LogP contribution in [0.4, 0.5) is 0 Å². The fourth-order valence-corrected chi connectivity index (χ4v) is 11.0. The molecule has 0 aliphatic heterocycles. The van der Waals surface area contributed by atoms with Crippen LogP contribution in [0.1, 0.15) is 22.3 Å².